The highest BCUT2D eigenvalue weighted by Gasteiger charge is 2.19. The number of fused-ring (bicyclic) bond motifs is 3. The Morgan fingerprint density at radius 3 is 2.40 bits per heavy atom. The second-order valence-corrected chi connectivity index (χ2v) is 6.10. The summed E-state index contributed by atoms with van der Waals surface area (Å²) in [5.41, 5.74) is 4.31. The predicted molar refractivity (Wildman–Crippen MR) is 95.6 cm³/mol. The minimum atomic E-state index is 0. The molecule has 4 heteroatoms. The lowest BCUT2D eigenvalue weighted by Crippen LogP contribution is -3.00. The number of hydrogen-bond acceptors (Lipinski definition) is 1. The first-order valence-electron chi connectivity index (χ1n) is 8.05. The maximum absolute atomic E-state index is 12.5. The number of para-hydroxylation sites is 1. The Balaban J connectivity index is 0.00000157. The fourth-order valence-corrected chi connectivity index (χ4v) is 3.61. The van der Waals surface area contributed by atoms with Crippen LogP contribution < -0.4 is 22.5 Å². The van der Waals surface area contributed by atoms with Crippen LogP contribution in [0.1, 0.15) is 5.56 Å². The molecule has 25 heavy (non-hydrogen) atoms. The van der Waals surface area contributed by atoms with E-state index in [-0.39, 0.29) is 18.0 Å². The van der Waals surface area contributed by atoms with E-state index in [2.05, 4.69) is 47.2 Å². The zero-order valence-corrected chi connectivity index (χ0v) is 14.1. The molecule has 3 aromatic heterocycles. The lowest BCUT2D eigenvalue weighted by atomic mass is 10.1. The molecular formula is C21H15ClN2O. The summed E-state index contributed by atoms with van der Waals surface area (Å²) >= 11 is 0. The van der Waals surface area contributed by atoms with Gasteiger partial charge in [-0.25, -0.2) is 0 Å². The van der Waals surface area contributed by atoms with E-state index in [0.29, 0.717) is 0 Å². The van der Waals surface area contributed by atoms with Crippen molar-refractivity contribution < 1.29 is 17.0 Å². The van der Waals surface area contributed by atoms with Gasteiger partial charge in [0, 0.05) is 34.5 Å². The SMILES string of the molecule is O=c1ccc2c3c(cc[n+]2Cc2ccccc2)c2ccccc2n13.[Cl-]. The molecule has 3 nitrogen and oxygen atoms in total. The van der Waals surface area contributed by atoms with Crippen LogP contribution in [0.2, 0.25) is 0 Å². The first kappa shape index (κ1) is 15.6. The fourth-order valence-electron chi connectivity index (χ4n) is 3.61. The van der Waals surface area contributed by atoms with Gasteiger partial charge in [-0.1, -0.05) is 48.5 Å². The molecule has 0 saturated heterocycles. The molecule has 2 aromatic carbocycles. The van der Waals surface area contributed by atoms with Gasteiger partial charge < -0.3 is 12.4 Å². The third kappa shape index (κ3) is 2.28. The topological polar surface area (TPSA) is 25.4 Å². The summed E-state index contributed by atoms with van der Waals surface area (Å²) in [7, 11) is 0. The standard InChI is InChI=1S/C21H15N2O.ClH/c24-20-11-10-19-21-17(16-8-4-5-9-18(16)23(20)21)12-13-22(19)14-15-6-2-1-3-7-15;/h1-13H,14H2;1H/q+1;/p-1. The van der Waals surface area contributed by atoms with Crippen LogP contribution >= 0.6 is 0 Å². The van der Waals surface area contributed by atoms with Crippen molar-refractivity contribution in [3.05, 3.63) is 94.9 Å². The van der Waals surface area contributed by atoms with E-state index >= 15 is 0 Å². The third-order valence-corrected chi connectivity index (χ3v) is 4.69. The molecule has 5 rings (SSSR count). The molecule has 0 spiro atoms. The second-order valence-electron chi connectivity index (χ2n) is 6.10. The Kier molecular flexibility index (Phi) is 3.66. The van der Waals surface area contributed by atoms with Gasteiger partial charge in [0.1, 0.15) is 5.52 Å². The van der Waals surface area contributed by atoms with Gasteiger partial charge in [-0.15, -0.1) is 0 Å². The zero-order chi connectivity index (χ0) is 16.1. The molecular weight excluding hydrogens is 332 g/mol. The zero-order valence-electron chi connectivity index (χ0n) is 13.4. The maximum atomic E-state index is 12.5. The van der Waals surface area contributed by atoms with E-state index in [1.807, 2.05) is 34.7 Å². The lowest BCUT2D eigenvalue weighted by Gasteiger charge is -2.03. The van der Waals surface area contributed by atoms with Gasteiger partial charge in [0.05, 0.1) is 5.52 Å². The third-order valence-electron chi connectivity index (χ3n) is 4.69. The molecule has 0 N–H and O–H groups in total. The number of benzene rings is 2. The average molecular weight is 347 g/mol. The van der Waals surface area contributed by atoms with Crippen molar-refractivity contribution in [1.29, 1.82) is 0 Å². The van der Waals surface area contributed by atoms with Gasteiger partial charge in [0.2, 0.25) is 5.52 Å². The van der Waals surface area contributed by atoms with Crippen molar-refractivity contribution in [1.82, 2.24) is 4.40 Å². The van der Waals surface area contributed by atoms with Crippen molar-refractivity contribution in [3.8, 4) is 0 Å². The summed E-state index contributed by atoms with van der Waals surface area (Å²) in [6.45, 7) is 0.784. The van der Waals surface area contributed by atoms with Gasteiger partial charge >= 0.3 is 0 Å². The van der Waals surface area contributed by atoms with Gasteiger partial charge in [-0.05, 0) is 6.07 Å². The maximum Gasteiger partial charge on any atom is 0.256 e. The van der Waals surface area contributed by atoms with E-state index in [1.165, 1.54) is 5.56 Å². The lowest BCUT2D eigenvalue weighted by molar-refractivity contribution is -0.662. The van der Waals surface area contributed by atoms with Crippen LogP contribution in [0.5, 0.6) is 0 Å². The number of rotatable bonds is 2. The molecule has 0 fully saturated rings. The Bertz CT molecular complexity index is 1250. The molecule has 3 heterocycles. The Morgan fingerprint density at radius 1 is 0.800 bits per heavy atom. The van der Waals surface area contributed by atoms with Gasteiger partial charge in [-0.3, -0.25) is 9.20 Å². The summed E-state index contributed by atoms with van der Waals surface area (Å²) in [4.78, 5) is 12.5. The van der Waals surface area contributed by atoms with Crippen molar-refractivity contribution in [2.45, 2.75) is 6.54 Å². The average Bonchev–Trinajstić information content (AvgIpc) is 2.96. The molecule has 0 bridgehead atoms. The first-order chi connectivity index (χ1) is 11.8. The summed E-state index contributed by atoms with van der Waals surface area (Å²) < 4.78 is 4.04. The minimum Gasteiger partial charge on any atom is -1.00 e. The largest absolute Gasteiger partial charge is 1.00 e. The summed E-state index contributed by atoms with van der Waals surface area (Å²) in [6.07, 6.45) is 2.11. The highest BCUT2D eigenvalue weighted by Crippen LogP contribution is 2.28. The van der Waals surface area contributed by atoms with Crippen molar-refractivity contribution in [3.63, 3.8) is 0 Å². The number of hydrogen-bond donors (Lipinski definition) is 0. The molecule has 0 saturated carbocycles. The van der Waals surface area contributed by atoms with Gasteiger partial charge in [0.25, 0.3) is 5.56 Å². The smallest absolute Gasteiger partial charge is 0.256 e. The number of pyridine rings is 2. The van der Waals surface area contributed by atoms with Crippen LogP contribution in [0.4, 0.5) is 0 Å². The Hall–Kier alpha value is -2.91. The highest BCUT2D eigenvalue weighted by atomic mass is 35.5. The summed E-state index contributed by atoms with van der Waals surface area (Å²) in [5.74, 6) is 0. The molecule has 0 radical (unpaired) electrons. The van der Waals surface area contributed by atoms with E-state index in [9.17, 15) is 4.79 Å². The van der Waals surface area contributed by atoms with Crippen molar-refractivity contribution >= 4 is 27.3 Å². The predicted octanol–water partition coefficient (Wildman–Crippen LogP) is 0.383. The number of halogens is 1. The van der Waals surface area contributed by atoms with Gasteiger partial charge in [0.15, 0.2) is 12.7 Å². The highest BCUT2D eigenvalue weighted by molar-refractivity contribution is 6.11. The molecule has 0 aliphatic heterocycles. The fraction of sp³-hybridized carbons (Fsp3) is 0.0476. The minimum absolute atomic E-state index is 0. The summed E-state index contributed by atoms with van der Waals surface area (Å²) in [5, 5.41) is 2.25. The van der Waals surface area contributed by atoms with Crippen LogP contribution in [0.25, 0.3) is 27.3 Å². The Labute approximate surface area is 150 Å². The van der Waals surface area contributed by atoms with Crippen LogP contribution in [0.15, 0.2) is 83.8 Å². The number of aromatic nitrogens is 2. The van der Waals surface area contributed by atoms with Crippen LogP contribution in [0.3, 0.4) is 0 Å². The van der Waals surface area contributed by atoms with E-state index < -0.39 is 0 Å². The van der Waals surface area contributed by atoms with Crippen LogP contribution in [-0.2, 0) is 6.54 Å². The summed E-state index contributed by atoms with van der Waals surface area (Å²) in [6, 6.07) is 24.2. The number of nitrogens with zero attached hydrogens (tertiary/aromatic N) is 2. The monoisotopic (exact) mass is 346 g/mol. The van der Waals surface area contributed by atoms with E-state index in [0.717, 1.165) is 33.9 Å². The molecule has 0 atom stereocenters. The molecule has 0 aliphatic rings. The molecule has 0 unspecified atom stereocenters. The Morgan fingerprint density at radius 2 is 1.56 bits per heavy atom. The van der Waals surface area contributed by atoms with Crippen molar-refractivity contribution in [2.24, 2.45) is 0 Å². The van der Waals surface area contributed by atoms with Crippen molar-refractivity contribution in [2.75, 3.05) is 0 Å². The molecule has 0 aliphatic carbocycles. The van der Waals surface area contributed by atoms with E-state index in [4.69, 9.17) is 0 Å². The quantitative estimate of drug-likeness (QED) is 0.424. The van der Waals surface area contributed by atoms with E-state index in [1.54, 1.807) is 6.07 Å². The molecule has 5 aromatic rings. The molecule has 122 valence electrons. The molecule has 0 amide bonds. The first-order valence-corrected chi connectivity index (χ1v) is 8.05. The van der Waals surface area contributed by atoms with Crippen LogP contribution in [-0.4, -0.2) is 4.40 Å². The second kappa shape index (κ2) is 5.87. The van der Waals surface area contributed by atoms with Gasteiger partial charge in [-0.2, -0.15) is 4.57 Å². The normalized spacial score (nSPS) is 11.2. The van der Waals surface area contributed by atoms with Crippen LogP contribution in [0, 0.1) is 0 Å².